The third kappa shape index (κ3) is 4.52. The van der Waals surface area contributed by atoms with Gasteiger partial charge >= 0.3 is 0 Å². The molecule has 3 nitrogen and oxygen atoms in total. The third-order valence-electron chi connectivity index (χ3n) is 4.38. The summed E-state index contributed by atoms with van der Waals surface area (Å²) in [7, 11) is 0. The van der Waals surface area contributed by atoms with Crippen LogP contribution in [0.3, 0.4) is 0 Å². The van der Waals surface area contributed by atoms with Crippen LogP contribution in [0.1, 0.15) is 51.9 Å². The van der Waals surface area contributed by atoms with Crippen LogP contribution >= 0.6 is 0 Å². The first-order valence-corrected chi connectivity index (χ1v) is 7.94. The third-order valence-corrected chi connectivity index (χ3v) is 4.38. The lowest BCUT2D eigenvalue weighted by atomic mass is 10.0. The van der Waals surface area contributed by atoms with E-state index < -0.39 is 0 Å². The molecule has 0 radical (unpaired) electrons. The Hall–Kier alpha value is -0.120. The lowest BCUT2D eigenvalue weighted by Gasteiger charge is -2.23. The molecule has 1 saturated carbocycles. The molecule has 1 heterocycles. The quantitative estimate of drug-likeness (QED) is 0.714. The van der Waals surface area contributed by atoms with Crippen molar-refractivity contribution in [2.75, 3.05) is 26.3 Å². The zero-order valence-corrected chi connectivity index (χ0v) is 11.9. The molecule has 1 saturated heterocycles. The maximum atomic E-state index is 5.63. The van der Waals surface area contributed by atoms with E-state index in [0.29, 0.717) is 12.0 Å². The van der Waals surface area contributed by atoms with Gasteiger partial charge in [-0.2, -0.15) is 0 Å². The van der Waals surface area contributed by atoms with Crippen LogP contribution in [0.25, 0.3) is 0 Å². The molecule has 1 aliphatic heterocycles. The van der Waals surface area contributed by atoms with Gasteiger partial charge < -0.3 is 15.4 Å². The maximum Gasteiger partial charge on any atom is 0.0623 e. The highest BCUT2D eigenvalue weighted by Gasteiger charge is 2.27. The van der Waals surface area contributed by atoms with Crippen LogP contribution < -0.4 is 10.6 Å². The van der Waals surface area contributed by atoms with Crippen LogP contribution in [-0.4, -0.2) is 38.4 Å². The second-order valence-electron chi connectivity index (χ2n) is 5.95. The fraction of sp³-hybridized carbons (Fsp3) is 1.00. The topological polar surface area (TPSA) is 33.3 Å². The van der Waals surface area contributed by atoms with Gasteiger partial charge in [0.25, 0.3) is 0 Å². The smallest absolute Gasteiger partial charge is 0.0623 e. The molecule has 2 rings (SSSR count). The van der Waals surface area contributed by atoms with Crippen LogP contribution in [-0.2, 0) is 4.74 Å². The van der Waals surface area contributed by atoms with Gasteiger partial charge in [0, 0.05) is 24.5 Å². The number of rotatable bonds is 6. The molecule has 18 heavy (non-hydrogen) atoms. The molecular weight excluding hydrogens is 224 g/mol. The Morgan fingerprint density at radius 1 is 1.00 bits per heavy atom. The molecular formula is C15H30N2O. The lowest BCUT2D eigenvalue weighted by Crippen LogP contribution is -2.43. The van der Waals surface area contributed by atoms with E-state index in [1.54, 1.807) is 0 Å². The van der Waals surface area contributed by atoms with Gasteiger partial charge in [0.15, 0.2) is 0 Å². The normalized spacial score (nSPS) is 30.5. The minimum atomic E-state index is 0.572. The van der Waals surface area contributed by atoms with E-state index in [1.165, 1.54) is 44.9 Å². The van der Waals surface area contributed by atoms with Gasteiger partial charge in [0.1, 0.15) is 0 Å². The standard InChI is InChI=1S/C15H30N2O/c1-2-9-16-15-12-18-11-13(15)10-17-14-7-5-3-4-6-8-14/h13-17H,2-12H2,1H3. The molecule has 2 aliphatic rings. The fourth-order valence-corrected chi connectivity index (χ4v) is 3.16. The van der Waals surface area contributed by atoms with Gasteiger partial charge in [0.05, 0.1) is 13.2 Å². The Balaban J connectivity index is 1.67. The molecule has 0 aromatic carbocycles. The largest absolute Gasteiger partial charge is 0.379 e. The first kappa shape index (κ1) is 14.3. The van der Waals surface area contributed by atoms with Gasteiger partial charge in [-0.25, -0.2) is 0 Å². The van der Waals surface area contributed by atoms with Crippen LogP contribution in [0.5, 0.6) is 0 Å². The summed E-state index contributed by atoms with van der Waals surface area (Å²) in [6.07, 6.45) is 9.66. The van der Waals surface area contributed by atoms with Crippen LogP contribution in [0.2, 0.25) is 0 Å². The van der Waals surface area contributed by atoms with Gasteiger partial charge in [0.2, 0.25) is 0 Å². The van der Waals surface area contributed by atoms with E-state index in [1.807, 2.05) is 0 Å². The van der Waals surface area contributed by atoms with Crippen LogP contribution in [0.15, 0.2) is 0 Å². The molecule has 2 unspecified atom stereocenters. The summed E-state index contributed by atoms with van der Waals surface area (Å²) in [4.78, 5) is 0. The van der Waals surface area contributed by atoms with E-state index in [2.05, 4.69) is 17.6 Å². The monoisotopic (exact) mass is 254 g/mol. The molecule has 0 spiro atoms. The highest BCUT2D eigenvalue weighted by atomic mass is 16.5. The molecule has 0 amide bonds. The second kappa shape index (κ2) is 8.13. The molecule has 2 fully saturated rings. The number of hydrogen-bond acceptors (Lipinski definition) is 3. The minimum Gasteiger partial charge on any atom is -0.379 e. The van der Waals surface area contributed by atoms with Crippen molar-refractivity contribution in [2.45, 2.75) is 64.0 Å². The molecule has 0 bridgehead atoms. The highest BCUT2D eigenvalue weighted by molar-refractivity contribution is 4.84. The molecule has 0 aromatic rings. The second-order valence-corrected chi connectivity index (χ2v) is 5.95. The highest BCUT2D eigenvalue weighted by Crippen LogP contribution is 2.19. The first-order valence-electron chi connectivity index (χ1n) is 7.94. The van der Waals surface area contributed by atoms with E-state index in [-0.39, 0.29) is 0 Å². The first-order chi connectivity index (χ1) is 8.90. The summed E-state index contributed by atoms with van der Waals surface area (Å²) < 4.78 is 5.63. The lowest BCUT2D eigenvalue weighted by molar-refractivity contribution is 0.181. The van der Waals surface area contributed by atoms with E-state index in [0.717, 1.165) is 32.3 Å². The Morgan fingerprint density at radius 2 is 1.78 bits per heavy atom. The zero-order valence-electron chi connectivity index (χ0n) is 11.9. The van der Waals surface area contributed by atoms with Crippen molar-refractivity contribution >= 4 is 0 Å². The Labute approximate surface area is 112 Å². The van der Waals surface area contributed by atoms with Crippen molar-refractivity contribution < 1.29 is 4.74 Å². The Morgan fingerprint density at radius 3 is 2.50 bits per heavy atom. The Kier molecular flexibility index (Phi) is 6.46. The average molecular weight is 254 g/mol. The van der Waals surface area contributed by atoms with Gasteiger partial charge in [-0.05, 0) is 25.8 Å². The number of hydrogen-bond donors (Lipinski definition) is 2. The van der Waals surface area contributed by atoms with Gasteiger partial charge in [-0.15, -0.1) is 0 Å². The predicted octanol–water partition coefficient (Wildman–Crippen LogP) is 2.31. The maximum absolute atomic E-state index is 5.63. The van der Waals surface area contributed by atoms with Crippen molar-refractivity contribution in [2.24, 2.45) is 5.92 Å². The fourth-order valence-electron chi connectivity index (χ4n) is 3.16. The van der Waals surface area contributed by atoms with Crippen molar-refractivity contribution in [3.05, 3.63) is 0 Å². The minimum absolute atomic E-state index is 0.572. The SMILES string of the molecule is CCCNC1COCC1CNC1CCCCCC1. The predicted molar refractivity (Wildman–Crippen MR) is 75.9 cm³/mol. The summed E-state index contributed by atoms with van der Waals surface area (Å²) >= 11 is 0. The molecule has 1 aliphatic carbocycles. The van der Waals surface area contributed by atoms with Crippen molar-refractivity contribution in [3.63, 3.8) is 0 Å². The summed E-state index contributed by atoms with van der Waals surface area (Å²) in [5.41, 5.74) is 0. The summed E-state index contributed by atoms with van der Waals surface area (Å²) in [6.45, 7) is 6.31. The van der Waals surface area contributed by atoms with Gasteiger partial charge in [-0.3, -0.25) is 0 Å². The summed E-state index contributed by atoms with van der Waals surface area (Å²) in [6, 6.07) is 1.34. The zero-order chi connectivity index (χ0) is 12.6. The van der Waals surface area contributed by atoms with Crippen molar-refractivity contribution in [3.8, 4) is 0 Å². The molecule has 106 valence electrons. The van der Waals surface area contributed by atoms with Crippen LogP contribution in [0.4, 0.5) is 0 Å². The summed E-state index contributed by atoms with van der Waals surface area (Å²) in [5, 5.41) is 7.41. The van der Waals surface area contributed by atoms with Crippen molar-refractivity contribution in [1.29, 1.82) is 0 Å². The molecule has 2 N–H and O–H groups in total. The van der Waals surface area contributed by atoms with E-state index >= 15 is 0 Å². The van der Waals surface area contributed by atoms with Crippen molar-refractivity contribution in [1.82, 2.24) is 10.6 Å². The van der Waals surface area contributed by atoms with Crippen LogP contribution in [0, 0.1) is 5.92 Å². The summed E-state index contributed by atoms with van der Waals surface area (Å²) in [5.74, 6) is 0.666. The van der Waals surface area contributed by atoms with Gasteiger partial charge in [-0.1, -0.05) is 32.6 Å². The Bertz CT molecular complexity index is 215. The number of ether oxygens (including phenoxy) is 1. The average Bonchev–Trinajstić information content (AvgIpc) is 2.67. The van der Waals surface area contributed by atoms with E-state index in [4.69, 9.17) is 4.74 Å². The van der Waals surface area contributed by atoms with E-state index in [9.17, 15) is 0 Å². The molecule has 3 heteroatoms. The molecule has 0 aromatic heterocycles. The molecule has 2 atom stereocenters. The number of nitrogens with one attached hydrogen (secondary N) is 2.